The first-order valence-electron chi connectivity index (χ1n) is 7.00. The first kappa shape index (κ1) is 14.4. The topological polar surface area (TPSA) is 35.2 Å². The standard InChI is InChI=1S/C18H21NO/c1-2-17(19)16-12-6-7-13-18(16)20-14-8-11-15-9-4-3-5-10-15/h3-13,17H,2,14,19H2,1H3/t17-/m1/s1. The van der Waals surface area contributed by atoms with Crippen LogP contribution in [-0.2, 0) is 0 Å². The summed E-state index contributed by atoms with van der Waals surface area (Å²) in [5, 5.41) is 0. The summed E-state index contributed by atoms with van der Waals surface area (Å²) in [6, 6.07) is 18.2. The van der Waals surface area contributed by atoms with E-state index in [4.69, 9.17) is 10.5 Å². The third kappa shape index (κ3) is 3.97. The van der Waals surface area contributed by atoms with Crippen molar-refractivity contribution in [3.63, 3.8) is 0 Å². The number of hydrogen-bond acceptors (Lipinski definition) is 2. The van der Waals surface area contributed by atoms with Crippen molar-refractivity contribution >= 4 is 6.08 Å². The van der Waals surface area contributed by atoms with E-state index in [0.29, 0.717) is 6.61 Å². The third-order valence-corrected chi connectivity index (χ3v) is 3.20. The fraction of sp³-hybridized carbons (Fsp3) is 0.222. The molecule has 2 heteroatoms. The fourth-order valence-electron chi connectivity index (χ4n) is 2.02. The number of benzene rings is 2. The molecule has 2 aromatic carbocycles. The van der Waals surface area contributed by atoms with Crippen LogP contribution < -0.4 is 10.5 Å². The van der Waals surface area contributed by atoms with Crippen molar-refractivity contribution in [2.45, 2.75) is 19.4 Å². The highest BCUT2D eigenvalue weighted by Crippen LogP contribution is 2.25. The Kier molecular flexibility index (Phi) is 5.39. The zero-order valence-electron chi connectivity index (χ0n) is 11.8. The molecule has 0 fully saturated rings. The van der Waals surface area contributed by atoms with Crippen LogP contribution >= 0.6 is 0 Å². The van der Waals surface area contributed by atoms with Crippen molar-refractivity contribution < 1.29 is 4.74 Å². The molecule has 0 aliphatic rings. The minimum absolute atomic E-state index is 0.0318. The van der Waals surface area contributed by atoms with E-state index < -0.39 is 0 Å². The molecule has 0 amide bonds. The van der Waals surface area contributed by atoms with Gasteiger partial charge in [0, 0.05) is 11.6 Å². The lowest BCUT2D eigenvalue weighted by Crippen LogP contribution is -2.10. The van der Waals surface area contributed by atoms with Gasteiger partial charge in [-0.05, 0) is 24.1 Å². The van der Waals surface area contributed by atoms with Gasteiger partial charge in [0.2, 0.25) is 0 Å². The van der Waals surface area contributed by atoms with E-state index in [-0.39, 0.29) is 6.04 Å². The van der Waals surface area contributed by atoms with Crippen LogP contribution in [0.5, 0.6) is 5.75 Å². The second kappa shape index (κ2) is 7.51. The first-order valence-corrected chi connectivity index (χ1v) is 7.00. The Balaban J connectivity index is 1.96. The number of para-hydroxylation sites is 1. The van der Waals surface area contributed by atoms with Crippen molar-refractivity contribution in [2.75, 3.05) is 6.61 Å². The van der Waals surface area contributed by atoms with Crippen LogP contribution in [0.15, 0.2) is 60.7 Å². The van der Waals surface area contributed by atoms with Crippen LogP contribution in [0.1, 0.15) is 30.5 Å². The smallest absolute Gasteiger partial charge is 0.124 e. The number of ether oxygens (including phenoxy) is 1. The molecule has 104 valence electrons. The molecule has 2 nitrogen and oxygen atoms in total. The zero-order chi connectivity index (χ0) is 14.2. The summed E-state index contributed by atoms with van der Waals surface area (Å²) in [6.45, 7) is 2.62. The van der Waals surface area contributed by atoms with Crippen LogP contribution in [0.3, 0.4) is 0 Å². The van der Waals surface area contributed by atoms with Gasteiger partial charge in [-0.15, -0.1) is 0 Å². The molecule has 2 rings (SSSR count). The quantitative estimate of drug-likeness (QED) is 0.851. The summed E-state index contributed by atoms with van der Waals surface area (Å²) in [4.78, 5) is 0. The third-order valence-electron chi connectivity index (χ3n) is 3.20. The van der Waals surface area contributed by atoms with E-state index in [1.165, 1.54) is 5.56 Å². The summed E-state index contributed by atoms with van der Waals surface area (Å²) in [7, 11) is 0. The van der Waals surface area contributed by atoms with Gasteiger partial charge in [-0.1, -0.05) is 61.5 Å². The van der Waals surface area contributed by atoms with Crippen molar-refractivity contribution in [1.29, 1.82) is 0 Å². The SMILES string of the molecule is CC[C@@H](N)c1ccccc1OCC=Cc1ccccc1. The molecule has 0 saturated heterocycles. The molecule has 0 heterocycles. The van der Waals surface area contributed by atoms with Crippen molar-refractivity contribution in [1.82, 2.24) is 0 Å². The molecule has 0 bridgehead atoms. The summed E-state index contributed by atoms with van der Waals surface area (Å²) in [6.07, 6.45) is 4.98. The van der Waals surface area contributed by atoms with Gasteiger partial charge in [-0.3, -0.25) is 0 Å². The molecule has 0 aliphatic carbocycles. The van der Waals surface area contributed by atoms with Crippen molar-refractivity contribution in [3.05, 3.63) is 71.8 Å². The second-order valence-corrected chi connectivity index (χ2v) is 4.68. The highest BCUT2D eigenvalue weighted by atomic mass is 16.5. The average molecular weight is 267 g/mol. The minimum atomic E-state index is 0.0318. The second-order valence-electron chi connectivity index (χ2n) is 4.68. The monoisotopic (exact) mass is 267 g/mol. The number of hydrogen-bond donors (Lipinski definition) is 1. The molecule has 0 aliphatic heterocycles. The average Bonchev–Trinajstić information content (AvgIpc) is 2.52. The molecule has 0 saturated carbocycles. The Morgan fingerprint density at radius 2 is 1.75 bits per heavy atom. The van der Waals surface area contributed by atoms with Gasteiger partial charge < -0.3 is 10.5 Å². The van der Waals surface area contributed by atoms with Gasteiger partial charge in [0.15, 0.2) is 0 Å². The Hall–Kier alpha value is -2.06. The molecular weight excluding hydrogens is 246 g/mol. The maximum atomic E-state index is 6.09. The minimum Gasteiger partial charge on any atom is -0.489 e. The summed E-state index contributed by atoms with van der Waals surface area (Å²) in [5.41, 5.74) is 8.34. The molecule has 0 radical (unpaired) electrons. The van der Waals surface area contributed by atoms with Crippen LogP contribution in [0.25, 0.3) is 6.08 Å². The highest BCUT2D eigenvalue weighted by Gasteiger charge is 2.08. The molecule has 0 aromatic heterocycles. The normalized spacial score (nSPS) is 12.5. The lowest BCUT2D eigenvalue weighted by atomic mass is 10.0. The molecule has 20 heavy (non-hydrogen) atoms. The lowest BCUT2D eigenvalue weighted by Gasteiger charge is -2.14. The number of rotatable bonds is 6. The molecule has 1 atom stereocenters. The van der Waals surface area contributed by atoms with E-state index >= 15 is 0 Å². The molecule has 2 aromatic rings. The summed E-state index contributed by atoms with van der Waals surface area (Å²) < 4.78 is 5.82. The van der Waals surface area contributed by atoms with Gasteiger partial charge in [-0.25, -0.2) is 0 Å². The number of nitrogens with two attached hydrogens (primary N) is 1. The van der Waals surface area contributed by atoms with E-state index in [2.05, 4.69) is 25.1 Å². The van der Waals surface area contributed by atoms with E-state index in [1.54, 1.807) is 0 Å². The highest BCUT2D eigenvalue weighted by molar-refractivity contribution is 5.48. The van der Waals surface area contributed by atoms with Gasteiger partial charge in [-0.2, -0.15) is 0 Å². The zero-order valence-corrected chi connectivity index (χ0v) is 11.8. The largest absolute Gasteiger partial charge is 0.489 e. The van der Waals surface area contributed by atoms with Gasteiger partial charge in [0.25, 0.3) is 0 Å². The van der Waals surface area contributed by atoms with Gasteiger partial charge in [0.1, 0.15) is 12.4 Å². The molecule has 2 N–H and O–H groups in total. The van der Waals surface area contributed by atoms with Crippen LogP contribution in [0.4, 0.5) is 0 Å². The summed E-state index contributed by atoms with van der Waals surface area (Å²) in [5.74, 6) is 0.875. The maximum absolute atomic E-state index is 6.09. The van der Waals surface area contributed by atoms with Gasteiger partial charge >= 0.3 is 0 Å². The van der Waals surface area contributed by atoms with E-state index in [0.717, 1.165) is 17.7 Å². The Bertz CT molecular complexity index is 548. The maximum Gasteiger partial charge on any atom is 0.124 e. The lowest BCUT2D eigenvalue weighted by molar-refractivity contribution is 0.356. The first-order chi connectivity index (χ1) is 9.81. The Morgan fingerprint density at radius 3 is 2.50 bits per heavy atom. The predicted molar refractivity (Wildman–Crippen MR) is 84.6 cm³/mol. The van der Waals surface area contributed by atoms with Crippen LogP contribution in [0.2, 0.25) is 0 Å². The molecule has 0 spiro atoms. The van der Waals surface area contributed by atoms with E-state index in [9.17, 15) is 0 Å². The fourth-order valence-corrected chi connectivity index (χ4v) is 2.02. The molecule has 0 unspecified atom stereocenters. The van der Waals surface area contributed by atoms with Crippen molar-refractivity contribution in [3.8, 4) is 5.75 Å². The Morgan fingerprint density at radius 1 is 1.05 bits per heavy atom. The van der Waals surface area contributed by atoms with Crippen molar-refractivity contribution in [2.24, 2.45) is 5.73 Å². The predicted octanol–water partition coefficient (Wildman–Crippen LogP) is 4.19. The van der Waals surface area contributed by atoms with Gasteiger partial charge in [0.05, 0.1) is 0 Å². The summed E-state index contributed by atoms with van der Waals surface area (Å²) >= 11 is 0. The van der Waals surface area contributed by atoms with Crippen LogP contribution in [-0.4, -0.2) is 6.61 Å². The Labute approximate surface area is 120 Å². The molecular formula is C18H21NO. The van der Waals surface area contributed by atoms with E-state index in [1.807, 2.05) is 48.5 Å². The van der Waals surface area contributed by atoms with Crippen LogP contribution in [0, 0.1) is 0 Å².